The van der Waals surface area contributed by atoms with Gasteiger partial charge in [-0.3, -0.25) is 19.7 Å². The van der Waals surface area contributed by atoms with Gasteiger partial charge in [-0.15, -0.1) is 0 Å². The van der Waals surface area contributed by atoms with Crippen LogP contribution in [0.2, 0.25) is 0 Å². The van der Waals surface area contributed by atoms with Crippen molar-refractivity contribution in [3.63, 3.8) is 0 Å². The van der Waals surface area contributed by atoms with Gasteiger partial charge in [0.05, 0.1) is 17.0 Å². The molecule has 0 atom stereocenters. The minimum Gasteiger partial charge on any atom is -0.355 e. The number of nitro groups is 1. The number of carbonyl (C=O) groups is 2. The van der Waals surface area contributed by atoms with Gasteiger partial charge in [-0.05, 0) is 25.1 Å². The summed E-state index contributed by atoms with van der Waals surface area (Å²) < 4.78 is 0. The molecule has 2 N–H and O–H groups in total. The molecule has 2 amide bonds. The van der Waals surface area contributed by atoms with E-state index in [9.17, 15) is 19.7 Å². The average Bonchev–Trinajstić information content (AvgIpc) is 2.64. The van der Waals surface area contributed by atoms with Crippen molar-refractivity contribution in [2.75, 3.05) is 13.6 Å². The van der Waals surface area contributed by atoms with Crippen molar-refractivity contribution in [2.24, 2.45) is 0 Å². The average molecular weight is 351 g/mol. The third-order valence-electron chi connectivity index (χ3n) is 3.63. The second-order valence-corrected chi connectivity index (χ2v) is 5.37. The van der Waals surface area contributed by atoms with E-state index < -0.39 is 10.8 Å². The molecule has 7 nitrogen and oxygen atoms in total. The fourth-order valence-corrected chi connectivity index (χ4v) is 2.24. The van der Waals surface area contributed by atoms with Crippen molar-refractivity contribution in [1.29, 1.82) is 0 Å². The van der Waals surface area contributed by atoms with Crippen LogP contribution >= 0.6 is 0 Å². The molecule has 0 unspecified atom stereocenters. The normalized spacial score (nSPS) is 9.62. The molecule has 2 aromatic rings. The molecular weight excluding hydrogens is 334 g/mol. The maximum atomic E-state index is 12.1. The summed E-state index contributed by atoms with van der Waals surface area (Å²) in [5.41, 5.74) is 1.56. The third-order valence-corrected chi connectivity index (χ3v) is 3.63. The topological polar surface area (TPSA) is 101 Å². The molecule has 2 rings (SSSR count). The number of carbonyl (C=O) groups excluding carboxylic acids is 2. The van der Waals surface area contributed by atoms with Crippen LogP contribution in [-0.4, -0.2) is 30.3 Å². The maximum absolute atomic E-state index is 12.1. The van der Waals surface area contributed by atoms with E-state index in [0.29, 0.717) is 16.7 Å². The highest BCUT2D eigenvalue weighted by molar-refractivity contribution is 5.96. The van der Waals surface area contributed by atoms with Crippen LogP contribution in [0, 0.1) is 28.9 Å². The molecule has 0 aromatic heterocycles. The molecule has 0 fully saturated rings. The lowest BCUT2D eigenvalue weighted by atomic mass is 10.1. The van der Waals surface area contributed by atoms with Gasteiger partial charge in [-0.25, -0.2) is 0 Å². The second-order valence-electron chi connectivity index (χ2n) is 5.37. The minimum absolute atomic E-state index is 0.0442. The molecule has 0 aliphatic heterocycles. The molecule has 0 saturated heterocycles. The molecule has 0 saturated carbocycles. The van der Waals surface area contributed by atoms with Crippen molar-refractivity contribution in [3.8, 4) is 11.8 Å². The summed E-state index contributed by atoms with van der Waals surface area (Å²) in [5, 5.41) is 16.1. The number of hydrogen-bond acceptors (Lipinski definition) is 4. The zero-order chi connectivity index (χ0) is 19.1. The number of benzene rings is 2. The zero-order valence-electron chi connectivity index (χ0n) is 14.3. The van der Waals surface area contributed by atoms with Gasteiger partial charge in [-0.2, -0.15) is 0 Å². The first-order valence-electron chi connectivity index (χ1n) is 7.77. The largest absolute Gasteiger partial charge is 0.355 e. The number of hydrogen-bond donors (Lipinski definition) is 2. The van der Waals surface area contributed by atoms with E-state index >= 15 is 0 Å². The number of rotatable bonds is 4. The van der Waals surface area contributed by atoms with Crippen molar-refractivity contribution in [1.82, 2.24) is 10.6 Å². The van der Waals surface area contributed by atoms with Gasteiger partial charge in [0.1, 0.15) is 0 Å². The van der Waals surface area contributed by atoms with Crippen LogP contribution in [0.4, 0.5) is 5.69 Å². The fourth-order valence-electron chi connectivity index (χ4n) is 2.24. The van der Waals surface area contributed by atoms with Crippen molar-refractivity contribution in [3.05, 3.63) is 74.8 Å². The Kier molecular flexibility index (Phi) is 6.06. The van der Waals surface area contributed by atoms with Crippen LogP contribution in [0.3, 0.4) is 0 Å². The Morgan fingerprint density at radius 2 is 1.88 bits per heavy atom. The Hall–Kier alpha value is -3.66. The summed E-state index contributed by atoms with van der Waals surface area (Å²) in [6, 6.07) is 11.2. The molecule has 26 heavy (non-hydrogen) atoms. The summed E-state index contributed by atoms with van der Waals surface area (Å²) >= 11 is 0. The fraction of sp³-hybridized carbons (Fsp3) is 0.158. The lowest BCUT2D eigenvalue weighted by Gasteiger charge is -2.03. The van der Waals surface area contributed by atoms with Crippen LogP contribution in [0.25, 0.3) is 0 Å². The Morgan fingerprint density at radius 3 is 2.58 bits per heavy atom. The van der Waals surface area contributed by atoms with E-state index in [4.69, 9.17) is 0 Å². The predicted molar refractivity (Wildman–Crippen MR) is 96.9 cm³/mol. The zero-order valence-corrected chi connectivity index (χ0v) is 14.3. The van der Waals surface area contributed by atoms with Crippen molar-refractivity contribution < 1.29 is 14.5 Å². The van der Waals surface area contributed by atoms with Crippen LogP contribution in [0.1, 0.15) is 31.8 Å². The summed E-state index contributed by atoms with van der Waals surface area (Å²) in [6.45, 7) is 1.65. The first-order valence-corrected chi connectivity index (χ1v) is 7.77. The monoisotopic (exact) mass is 351 g/mol. The van der Waals surface area contributed by atoms with E-state index in [1.54, 1.807) is 31.2 Å². The molecular formula is C19H17N3O4. The Labute approximate surface area is 150 Å². The highest BCUT2D eigenvalue weighted by atomic mass is 16.6. The maximum Gasteiger partial charge on any atom is 0.273 e. The van der Waals surface area contributed by atoms with Gasteiger partial charge in [0.25, 0.3) is 17.5 Å². The quantitative estimate of drug-likeness (QED) is 0.500. The van der Waals surface area contributed by atoms with E-state index in [1.165, 1.54) is 25.2 Å². The van der Waals surface area contributed by atoms with Gasteiger partial charge in [0.2, 0.25) is 0 Å². The molecule has 0 aliphatic rings. The summed E-state index contributed by atoms with van der Waals surface area (Å²) in [7, 11) is 1.54. The number of amides is 2. The van der Waals surface area contributed by atoms with Gasteiger partial charge in [0, 0.05) is 29.8 Å². The molecule has 0 bridgehead atoms. The Morgan fingerprint density at radius 1 is 1.15 bits per heavy atom. The smallest absolute Gasteiger partial charge is 0.273 e. The number of nitrogens with zero attached hydrogens (tertiary/aromatic N) is 1. The number of aryl methyl sites for hydroxylation is 1. The summed E-state index contributed by atoms with van der Waals surface area (Å²) in [4.78, 5) is 34.3. The summed E-state index contributed by atoms with van der Waals surface area (Å²) in [5.74, 6) is 4.91. The number of nitro benzene ring substituents is 1. The molecule has 0 radical (unpaired) electrons. The SMILES string of the molecule is CNC(=O)c1ccccc1C#CCNC(=O)c1ccc(C)c([N+](=O)[O-])c1. The third kappa shape index (κ3) is 4.45. The standard InChI is InChI=1S/C19H17N3O4/c1-13-9-10-15(12-17(13)22(25)26)18(23)21-11-5-7-14-6-3-4-8-16(14)19(24)20-2/h3-4,6,8-10,12H,11H2,1-2H3,(H,20,24)(H,21,23). The predicted octanol–water partition coefficient (Wildman–Crippen LogP) is 2.04. The summed E-state index contributed by atoms with van der Waals surface area (Å²) in [6.07, 6.45) is 0. The highest BCUT2D eigenvalue weighted by Crippen LogP contribution is 2.19. The van der Waals surface area contributed by atoms with Crippen molar-refractivity contribution >= 4 is 17.5 Å². The van der Waals surface area contributed by atoms with Gasteiger partial charge < -0.3 is 10.6 Å². The highest BCUT2D eigenvalue weighted by Gasteiger charge is 2.14. The molecule has 132 valence electrons. The van der Waals surface area contributed by atoms with Crippen LogP contribution in [0.5, 0.6) is 0 Å². The molecule has 0 spiro atoms. The van der Waals surface area contributed by atoms with Crippen LogP contribution < -0.4 is 10.6 Å². The lowest BCUT2D eigenvalue weighted by Crippen LogP contribution is -2.23. The van der Waals surface area contributed by atoms with Gasteiger partial charge in [-0.1, -0.05) is 30.0 Å². The molecule has 7 heteroatoms. The molecule has 0 aliphatic carbocycles. The molecule has 2 aromatic carbocycles. The van der Waals surface area contributed by atoms with E-state index in [1.807, 2.05) is 0 Å². The lowest BCUT2D eigenvalue weighted by molar-refractivity contribution is -0.385. The number of nitrogens with one attached hydrogen (secondary N) is 2. The second kappa shape index (κ2) is 8.44. The van der Waals surface area contributed by atoms with Gasteiger partial charge >= 0.3 is 0 Å². The van der Waals surface area contributed by atoms with Crippen LogP contribution in [-0.2, 0) is 0 Å². The Bertz CT molecular complexity index is 926. The van der Waals surface area contributed by atoms with E-state index in [0.717, 1.165) is 0 Å². The Balaban J connectivity index is 2.07. The van der Waals surface area contributed by atoms with Crippen LogP contribution in [0.15, 0.2) is 42.5 Å². The van der Waals surface area contributed by atoms with Gasteiger partial charge in [0.15, 0.2) is 0 Å². The van der Waals surface area contributed by atoms with E-state index in [2.05, 4.69) is 22.5 Å². The first-order chi connectivity index (χ1) is 12.4. The van der Waals surface area contributed by atoms with Crippen molar-refractivity contribution in [2.45, 2.75) is 6.92 Å². The minimum atomic E-state index is -0.526. The first kappa shape index (κ1) is 18.7. The molecule has 0 heterocycles. The van der Waals surface area contributed by atoms with E-state index in [-0.39, 0.29) is 23.7 Å².